The molecule has 192 valence electrons. The van der Waals surface area contributed by atoms with Crippen molar-refractivity contribution in [2.75, 3.05) is 70.8 Å². The average molecular weight is 510 g/mol. The third kappa shape index (κ3) is 5.30. The minimum Gasteiger partial charge on any atom is -0.383 e. The number of carbonyl (C=O) groups excluding carboxylic acids is 1. The summed E-state index contributed by atoms with van der Waals surface area (Å²) in [4.78, 5) is 34.2. The smallest absolute Gasteiger partial charge is 0.263 e. The molecule has 1 aliphatic carbocycles. The number of anilines is 3. The van der Waals surface area contributed by atoms with Crippen molar-refractivity contribution in [3.8, 4) is 0 Å². The van der Waals surface area contributed by atoms with Gasteiger partial charge in [-0.25, -0.2) is 15.0 Å². The lowest BCUT2D eigenvalue weighted by molar-refractivity contribution is 0.0831. The van der Waals surface area contributed by atoms with Gasteiger partial charge in [0.05, 0.1) is 39.8 Å². The number of rotatable bonds is 8. The van der Waals surface area contributed by atoms with Crippen molar-refractivity contribution in [3.63, 3.8) is 0 Å². The first-order valence-corrected chi connectivity index (χ1v) is 13.6. The third-order valence-corrected chi connectivity index (χ3v) is 8.28. The Labute approximate surface area is 216 Å². The number of piperazine rings is 1. The molecule has 1 aliphatic heterocycles. The average Bonchev–Trinajstić information content (AvgIpc) is 3.55. The van der Waals surface area contributed by atoms with E-state index in [1.54, 1.807) is 26.1 Å². The van der Waals surface area contributed by atoms with Gasteiger partial charge in [0.25, 0.3) is 5.91 Å². The molecule has 0 radical (unpaired) electrons. The first kappa shape index (κ1) is 24.9. The second-order valence-electron chi connectivity index (χ2n) is 9.78. The van der Waals surface area contributed by atoms with Crippen molar-refractivity contribution in [1.29, 1.82) is 0 Å². The van der Waals surface area contributed by atoms with Gasteiger partial charge < -0.3 is 19.9 Å². The molecule has 1 saturated carbocycles. The molecule has 1 amide bonds. The Bertz CT molecular complexity index is 1180. The molecule has 3 aromatic heterocycles. The SMILES string of the molecule is COCCN1CCN(c2ccc(Nc3ncc4sc(C(=O)N(C)C)c(C5CCCC5)c4n3)nc2)CC1. The summed E-state index contributed by atoms with van der Waals surface area (Å²) in [5.41, 5.74) is 3.12. The lowest BCUT2D eigenvalue weighted by Crippen LogP contribution is -2.47. The summed E-state index contributed by atoms with van der Waals surface area (Å²) in [5.74, 6) is 1.65. The van der Waals surface area contributed by atoms with Crippen LogP contribution in [0.4, 0.5) is 17.5 Å². The van der Waals surface area contributed by atoms with E-state index < -0.39 is 0 Å². The normalized spacial score (nSPS) is 17.1. The zero-order chi connectivity index (χ0) is 25.1. The largest absolute Gasteiger partial charge is 0.383 e. The van der Waals surface area contributed by atoms with Crippen LogP contribution in [-0.2, 0) is 4.74 Å². The molecule has 1 saturated heterocycles. The Morgan fingerprint density at radius 3 is 2.58 bits per heavy atom. The van der Waals surface area contributed by atoms with Crippen LogP contribution in [0.3, 0.4) is 0 Å². The molecule has 5 rings (SSSR count). The molecule has 1 N–H and O–H groups in total. The van der Waals surface area contributed by atoms with E-state index in [9.17, 15) is 4.79 Å². The van der Waals surface area contributed by atoms with Gasteiger partial charge in [-0.3, -0.25) is 9.69 Å². The predicted molar refractivity (Wildman–Crippen MR) is 145 cm³/mol. The molecule has 0 aromatic carbocycles. The number of methoxy groups -OCH3 is 1. The summed E-state index contributed by atoms with van der Waals surface area (Å²) in [7, 11) is 5.36. The predicted octanol–water partition coefficient (Wildman–Crippen LogP) is 3.96. The number of thiophene rings is 1. The fraction of sp³-hybridized carbons (Fsp3) is 0.538. The summed E-state index contributed by atoms with van der Waals surface area (Å²) >= 11 is 1.51. The summed E-state index contributed by atoms with van der Waals surface area (Å²) in [6.07, 6.45) is 8.36. The van der Waals surface area contributed by atoms with Crippen molar-refractivity contribution < 1.29 is 9.53 Å². The Morgan fingerprint density at radius 2 is 1.92 bits per heavy atom. The zero-order valence-electron chi connectivity index (χ0n) is 21.4. The van der Waals surface area contributed by atoms with Crippen LogP contribution < -0.4 is 10.2 Å². The van der Waals surface area contributed by atoms with Crippen LogP contribution >= 0.6 is 11.3 Å². The van der Waals surface area contributed by atoms with Gasteiger partial charge in [-0.05, 0) is 30.9 Å². The summed E-state index contributed by atoms with van der Waals surface area (Å²) in [6.45, 7) is 5.77. The molecule has 4 heterocycles. The molecule has 0 spiro atoms. The Hall–Kier alpha value is -2.82. The second kappa shape index (κ2) is 11.1. The Balaban J connectivity index is 1.32. The highest BCUT2D eigenvalue weighted by Crippen LogP contribution is 2.43. The Kier molecular flexibility index (Phi) is 7.64. The first-order valence-electron chi connectivity index (χ1n) is 12.7. The van der Waals surface area contributed by atoms with Gasteiger partial charge in [-0.2, -0.15) is 0 Å². The quantitative estimate of drug-likeness (QED) is 0.488. The van der Waals surface area contributed by atoms with Crippen LogP contribution in [0.1, 0.15) is 46.8 Å². The van der Waals surface area contributed by atoms with E-state index in [0.717, 1.165) is 78.5 Å². The maximum Gasteiger partial charge on any atom is 0.263 e. The molecule has 0 unspecified atom stereocenters. The summed E-state index contributed by atoms with van der Waals surface area (Å²) in [5, 5.41) is 3.27. The number of fused-ring (bicyclic) bond motifs is 1. The number of hydrogen-bond donors (Lipinski definition) is 1. The van der Waals surface area contributed by atoms with E-state index in [-0.39, 0.29) is 5.91 Å². The van der Waals surface area contributed by atoms with Crippen LogP contribution in [-0.4, -0.2) is 91.2 Å². The molecule has 2 aliphatic rings. The lowest BCUT2D eigenvalue weighted by Gasteiger charge is -2.35. The number of amides is 1. The van der Waals surface area contributed by atoms with Gasteiger partial charge in [0.15, 0.2) is 0 Å². The number of pyridine rings is 1. The second-order valence-corrected chi connectivity index (χ2v) is 10.8. The van der Waals surface area contributed by atoms with E-state index in [4.69, 9.17) is 9.72 Å². The van der Waals surface area contributed by atoms with Crippen molar-refractivity contribution in [1.82, 2.24) is 24.8 Å². The fourth-order valence-corrected chi connectivity index (χ4v) is 6.36. The highest BCUT2D eigenvalue weighted by Gasteiger charge is 2.29. The van der Waals surface area contributed by atoms with Crippen LogP contribution in [0.5, 0.6) is 0 Å². The van der Waals surface area contributed by atoms with E-state index >= 15 is 0 Å². The van der Waals surface area contributed by atoms with E-state index in [1.165, 1.54) is 24.2 Å². The van der Waals surface area contributed by atoms with Crippen molar-refractivity contribution in [2.24, 2.45) is 0 Å². The van der Waals surface area contributed by atoms with Crippen LogP contribution in [0.2, 0.25) is 0 Å². The summed E-state index contributed by atoms with van der Waals surface area (Å²) < 4.78 is 6.16. The van der Waals surface area contributed by atoms with Gasteiger partial charge in [0, 0.05) is 59.5 Å². The number of carbonyl (C=O) groups is 1. The Morgan fingerprint density at radius 1 is 1.14 bits per heavy atom. The van der Waals surface area contributed by atoms with Crippen LogP contribution in [0.25, 0.3) is 10.2 Å². The van der Waals surface area contributed by atoms with Crippen LogP contribution in [0.15, 0.2) is 24.5 Å². The maximum atomic E-state index is 12.9. The van der Waals surface area contributed by atoms with Crippen molar-refractivity contribution in [2.45, 2.75) is 31.6 Å². The molecule has 3 aromatic rings. The number of nitrogens with zero attached hydrogens (tertiary/aromatic N) is 6. The minimum absolute atomic E-state index is 0.0474. The third-order valence-electron chi connectivity index (χ3n) is 7.17. The molecule has 9 nitrogen and oxygen atoms in total. The first-order chi connectivity index (χ1) is 17.5. The molecule has 0 atom stereocenters. The molecular formula is C26H35N7O2S. The van der Waals surface area contributed by atoms with Gasteiger partial charge >= 0.3 is 0 Å². The fourth-order valence-electron chi connectivity index (χ4n) is 5.14. The number of aromatic nitrogens is 3. The minimum atomic E-state index is 0.0474. The number of nitrogens with one attached hydrogen (secondary N) is 1. The maximum absolute atomic E-state index is 12.9. The highest BCUT2D eigenvalue weighted by molar-refractivity contribution is 7.21. The molecule has 36 heavy (non-hydrogen) atoms. The topological polar surface area (TPSA) is 86.7 Å². The molecule has 2 fully saturated rings. The molecule has 10 heteroatoms. The van der Waals surface area contributed by atoms with Crippen molar-refractivity contribution in [3.05, 3.63) is 35.0 Å². The van der Waals surface area contributed by atoms with E-state index in [0.29, 0.717) is 17.7 Å². The highest BCUT2D eigenvalue weighted by atomic mass is 32.1. The standard InChI is InChI=1S/C26H35N7O2S/c1-31(2)25(34)24-22(18-6-4-5-7-18)23-20(36-24)17-28-26(30-23)29-21-9-8-19(16-27-21)33-12-10-32(11-13-33)14-15-35-3/h8-9,16-18H,4-7,10-15H2,1-3H3,(H,27,28,29,30). The van der Waals surface area contributed by atoms with Crippen molar-refractivity contribution >= 4 is 44.9 Å². The number of hydrogen-bond acceptors (Lipinski definition) is 9. The van der Waals surface area contributed by atoms with Gasteiger partial charge in [0.2, 0.25) is 5.95 Å². The lowest BCUT2D eigenvalue weighted by atomic mass is 9.96. The van der Waals surface area contributed by atoms with Crippen LogP contribution in [0, 0.1) is 0 Å². The zero-order valence-corrected chi connectivity index (χ0v) is 22.2. The van der Waals surface area contributed by atoms with Gasteiger partial charge in [-0.15, -0.1) is 11.3 Å². The van der Waals surface area contributed by atoms with Gasteiger partial charge in [-0.1, -0.05) is 12.8 Å². The monoisotopic (exact) mass is 509 g/mol. The van der Waals surface area contributed by atoms with E-state index in [1.807, 2.05) is 18.5 Å². The number of ether oxygens (including phenoxy) is 1. The van der Waals surface area contributed by atoms with E-state index in [2.05, 4.69) is 31.2 Å². The summed E-state index contributed by atoms with van der Waals surface area (Å²) in [6, 6.07) is 4.08. The molecule has 0 bridgehead atoms. The van der Waals surface area contributed by atoms with Gasteiger partial charge in [0.1, 0.15) is 5.82 Å². The molecular weight excluding hydrogens is 474 g/mol.